The number of carboxylic acid groups (broad SMARTS) is 1. The fourth-order valence-electron chi connectivity index (χ4n) is 17.8. The van der Waals surface area contributed by atoms with Crippen LogP contribution in [0, 0.1) is 50.2 Å². The zero-order valence-electron chi connectivity index (χ0n) is 53.5. The number of esters is 2. The van der Waals surface area contributed by atoms with E-state index in [0.29, 0.717) is 44.1 Å². The van der Waals surface area contributed by atoms with Gasteiger partial charge in [0.15, 0.2) is 37.4 Å². The average Bonchev–Trinajstić information content (AvgIpc) is 0.670. The highest BCUT2D eigenvalue weighted by Crippen LogP contribution is 2.76. The average molecular weight is 1310 g/mol. The zero-order valence-corrected chi connectivity index (χ0v) is 53.5. The number of carbonyl (C=O) groups excluding carboxylic acids is 2. The second-order valence-corrected chi connectivity index (χ2v) is 29.2. The van der Waals surface area contributed by atoms with Gasteiger partial charge in [0.1, 0.15) is 85.5 Å². The van der Waals surface area contributed by atoms with Crippen molar-refractivity contribution in [3.05, 3.63) is 65.3 Å². The number of carbonyl (C=O) groups is 3. The maximum absolute atomic E-state index is 14.1. The van der Waals surface area contributed by atoms with Crippen LogP contribution in [0.3, 0.4) is 0 Å². The number of ether oxygens (including phenoxy) is 10. The summed E-state index contributed by atoms with van der Waals surface area (Å²) in [7, 11) is 0. The number of rotatable bonds is 16. The molecule has 0 radical (unpaired) electrons. The predicted molar refractivity (Wildman–Crippen MR) is 318 cm³/mol. The van der Waals surface area contributed by atoms with Gasteiger partial charge in [0.2, 0.25) is 0 Å². The molecule has 9 aliphatic rings. The number of fused-ring (bicyclic) bond motifs is 7. The predicted octanol–water partition coefficient (Wildman–Crippen LogP) is 0.502. The van der Waals surface area contributed by atoms with Crippen molar-refractivity contribution in [2.45, 2.75) is 242 Å². The smallest absolute Gasteiger partial charge is 0.335 e. The van der Waals surface area contributed by atoms with Gasteiger partial charge in [-0.2, -0.15) is 0 Å². The summed E-state index contributed by atoms with van der Waals surface area (Å²) in [4.78, 5) is 41.1. The van der Waals surface area contributed by atoms with E-state index in [4.69, 9.17) is 47.4 Å². The Balaban J connectivity index is 0.964. The Kier molecular flexibility index (Phi) is 20.6. The van der Waals surface area contributed by atoms with E-state index >= 15 is 0 Å². The van der Waals surface area contributed by atoms with Gasteiger partial charge in [0.25, 0.3) is 0 Å². The molecule has 0 aromatic heterocycles. The molecule has 26 nitrogen and oxygen atoms in total. The molecule has 1 aromatic rings. The summed E-state index contributed by atoms with van der Waals surface area (Å²) in [6.07, 6.45) is -28.2. The Morgan fingerprint density at radius 1 is 0.652 bits per heavy atom. The lowest BCUT2D eigenvalue weighted by Crippen LogP contribution is -2.72. The van der Waals surface area contributed by atoms with Gasteiger partial charge in [0, 0.05) is 17.1 Å². The van der Waals surface area contributed by atoms with E-state index in [1.165, 1.54) is 6.08 Å². The number of hydrogen-bond acceptors (Lipinski definition) is 25. The highest BCUT2D eigenvalue weighted by atomic mass is 16.8. The summed E-state index contributed by atoms with van der Waals surface area (Å²) in [5.41, 5.74) is -2.73. The van der Waals surface area contributed by atoms with Gasteiger partial charge in [-0.25, -0.2) is 14.4 Å². The number of benzene rings is 1. The largest absolute Gasteiger partial charge is 0.479 e. The Morgan fingerprint density at radius 2 is 1.29 bits per heavy atom. The number of aliphatic hydroxyl groups excluding tert-OH is 12. The molecule has 26 heteroatoms. The molecule has 92 heavy (non-hydrogen) atoms. The number of aliphatic hydroxyl groups is 12. The van der Waals surface area contributed by atoms with E-state index in [1.54, 1.807) is 26.0 Å². The van der Waals surface area contributed by atoms with Crippen LogP contribution in [-0.2, 0) is 61.8 Å². The van der Waals surface area contributed by atoms with Crippen molar-refractivity contribution in [1.82, 2.24) is 0 Å². The normalized spacial score (nSPS) is 47.6. The first-order valence-corrected chi connectivity index (χ1v) is 32.2. The SMILES string of the molecule is C/C=C(/C)C(=O)O[C@H]1[C@H](OC(=O)/C=C/c2ccccc2)[C@]2(CO)[C@H](O)C[C@]3(C)C(=CC[C@@H]4[C@@]5(C)CC[C@H](O[C@@H]6O[C@H](C(=O)O)[C@@H](O)[C@H](O[C@@H]7OC[C@H](O)[C@H](O)[C@H]7O[C@@H]7OC[C@@H](O)[C@H](O)[C@H]7O)[C@H]6O[C@@H]6O[C@H](CO)[C@H](O)[C@H](O)[C@H]6O)C(C)(C)[C@@H]5CC[C@]43C)[C@@H]2CC1(C)C. The van der Waals surface area contributed by atoms with E-state index in [-0.39, 0.29) is 18.3 Å². The molecule has 0 unspecified atom stereocenters. The third-order valence-corrected chi connectivity index (χ3v) is 23.4. The minimum Gasteiger partial charge on any atom is -0.479 e. The van der Waals surface area contributed by atoms with Crippen LogP contribution in [0.4, 0.5) is 0 Å². The monoisotopic (exact) mass is 1300 g/mol. The zero-order chi connectivity index (χ0) is 67.1. The van der Waals surface area contributed by atoms with Crippen molar-refractivity contribution in [3.63, 3.8) is 0 Å². The van der Waals surface area contributed by atoms with Gasteiger partial charge >= 0.3 is 17.9 Å². The fourth-order valence-corrected chi connectivity index (χ4v) is 17.8. The Morgan fingerprint density at radius 3 is 1.95 bits per heavy atom. The van der Waals surface area contributed by atoms with E-state index in [1.807, 2.05) is 58.0 Å². The molecule has 13 N–H and O–H groups in total. The van der Waals surface area contributed by atoms with Crippen molar-refractivity contribution in [2.75, 3.05) is 26.4 Å². The van der Waals surface area contributed by atoms with Crippen molar-refractivity contribution in [2.24, 2.45) is 50.2 Å². The Hall–Kier alpha value is -3.95. The van der Waals surface area contributed by atoms with Gasteiger partial charge < -0.3 is 114 Å². The third-order valence-electron chi connectivity index (χ3n) is 23.4. The van der Waals surface area contributed by atoms with Gasteiger partial charge in [-0.15, -0.1) is 0 Å². The van der Waals surface area contributed by atoms with E-state index in [0.717, 1.165) is 11.1 Å². The first-order valence-electron chi connectivity index (χ1n) is 32.2. The molecule has 5 aliphatic carbocycles. The van der Waals surface area contributed by atoms with Crippen LogP contribution in [0.5, 0.6) is 0 Å². The van der Waals surface area contributed by atoms with Crippen LogP contribution < -0.4 is 0 Å². The lowest BCUT2D eigenvalue weighted by molar-refractivity contribution is -0.399. The van der Waals surface area contributed by atoms with Gasteiger partial charge in [-0.05, 0) is 110 Å². The minimum atomic E-state index is -2.22. The summed E-state index contributed by atoms with van der Waals surface area (Å²) < 4.78 is 61.6. The molecule has 4 aliphatic heterocycles. The molecule has 4 heterocycles. The second kappa shape index (κ2) is 26.8. The van der Waals surface area contributed by atoms with E-state index in [2.05, 4.69) is 26.8 Å². The molecule has 29 atom stereocenters. The number of hydrogen-bond donors (Lipinski definition) is 13. The lowest BCUT2D eigenvalue weighted by atomic mass is 9.33. The Labute approximate surface area is 534 Å². The third kappa shape index (κ3) is 12.2. The molecule has 0 spiro atoms. The first kappa shape index (κ1) is 70.8. The summed E-state index contributed by atoms with van der Waals surface area (Å²) in [6.45, 7) is 15.4. The second-order valence-electron chi connectivity index (χ2n) is 29.2. The molecule has 0 bridgehead atoms. The van der Waals surface area contributed by atoms with Gasteiger partial charge in [-0.3, -0.25) is 0 Å². The van der Waals surface area contributed by atoms with Crippen LogP contribution in [0.2, 0.25) is 0 Å². The van der Waals surface area contributed by atoms with Crippen LogP contribution in [0.15, 0.2) is 59.7 Å². The van der Waals surface area contributed by atoms with Crippen molar-refractivity contribution in [1.29, 1.82) is 0 Å². The number of allylic oxidation sites excluding steroid dienone is 3. The summed E-state index contributed by atoms with van der Waals surface area (Å²) in [5, 5.41) is 145. The molecule has 516 valence electrons. The standard InChI is InChI=1S/C66H96O26/c1-10-30(2)56(82)92-53-54(87-41(72)19-16-31-14-12-11-13-15-31)66(29-68)33(24-61(53,3)4)32-17-18-38-63(7)22-21-40(62(5,6)37(63)20-23-64(38,8)65(32,9)25-39(66)71)86-60-52(91-58-47(78)45(76)44(75)36(26-67)85-58)49(48(79)50(89-60)55(80)81)88-59-51(43(74)35(70)28-84-59)90-57-46(77)42(73)34(69)27-83-57/h10-17,19,33-40,42-54,57-60,67-71,73-79H,18,20-29H2,1-9H3,(H,80,81)/b19-16+,30-10-/t33-,34+,35-,36+,37-,38+,39+,40-,42-,43-,44-,45-,46+,47+,48-,49-,50-,51+,52+,53-,54-,57-,58-,59-,60+,63-,64+,65+,66-/m0/s1. The quantitative estimate of drug-likeness (QED) is 0.0464. The highest BCUT2D eigenvalue weighted by molar-refractivity contribution is 5.88. The van der Waals surface area contributed by atoms with Crippen molar-refractivity contribution < 1.29 is 128 Å². The van der Waals surface area contributed by atoms with E-state index in [9.17, 15) is 80.8 Å². The molecule has 10 rings (SSSR count). The number of carboxylic acids is 1. The lowest BCUT2D eigenvalue weighted by Gasteiger charge is -2.72. The molecule has 1 aromatic carbocycles. The maximum atomic E-state index is 14.1. The van der Waals surface area contributed by atoms with Crippen LogP contribution in [0.1, 0.15) is 113 Å². The molecule has 4 saturated heterocycles. The first-order chi connectivity index (χ1) is 43.3. The Bertz CT molecular complexity index is 2880. The molecular formula is C66H96O26. The summed E-state index contributed by atoms with van der Waals surface area (Å²) in [6, 6.07) is 9.18. The minimum absolute atomic E-state index is 0.0343. The number of aliphatic carboxylic acids is 1. The molecular weight excluding hydrogens is 1210 g/mol. The van der Waals surface area contributed by atoms with Crippen molar-refractivity contribution >= 4 is 24.0 Å². The molecule has 0 amide bonds. The van der Waals surface area contributed by atoms with Gasteiger partial charge in [0.05, 0.1) is 44.1 Å². The van der Waals surface area contributed by atoms with E-state index < -0.39 is 218 Å². The summed E-state index contributed by atoms with van der Waals surface area (Å²) >= 11 is 0. The van der Waals surface area contributed by atoms with Crippen LogP contribution in [0.25, 0.3) is 6.08 Å². The fraction of sp³-hybridized carbons (Fsp3) is 0.773. The molecule has 8 fully saturated rings. The van der Waals surface area contributed by atoms with Gasteiger partial charge in [-0.1, -0.05) is 96.5 Å². The summed E-state index contributed by atoms with van der Waals surface area (Å²) in [5.74, 6) is -3.76. The molecule has 4 saturated carbocycles. The highest BCUT2D eigenvalue weighted by Gasteiger charge is 2.74. The van der Waals surface area contributed by atoms with Crippen LogP contribution in [-0.4, -0.2) is 246 Å². The topological polar surface area (TPSA) is 407 Å². The van der Waals surface area contributed by atoms with Crippen LogP contribution >= 0.6 is 0 Å². The van der Waals surface area contributed by atoms with Crippen molar-refractivity contribution in [3.8, 4) is 0 Å². The maximum Gasteiger partial charge on any atom is 0.335 e.